The standard InChI is InChI=1S/C19H22FN5O3/c1-2-28-19(27)25-9-7-14(8-10-25)23-17(26)13-11-21-18(22-12-13)24-16-6-4-3-5-15(16)20/h3-6,11-12,14H,2,7-10H2,1H3,(H,23,26)(H,21,22,24). The van der Waals surface area contributed by atoms with Gasteiger partial charge in [-0.2, -0.15) is 0 Å². The number of benzene rings is 1. The van der Waals surface area contributed by atoms with Crippen molar-refractivity contribution in [2.75, 3.05) is 25.0 Å². The SMILES string of the molecule is CCOC(=O)N1CCC(NC(=O)c2cnc(Nc3ccccc3F)nc2)CC1. The molecule has 0 aliphatic carbocycles. The van der Waals surface area contributed by atoms with Gasteiger partial charge in [0.2, 0.25) is 5.95 Å². The van der Waals surface area contributed by atoms with Crippen molar-refractivity contribution >= 4 is 23.6 Å². The zero-order valence-corrected chi connectivity index (χ0v) is 15.5. The molecule has 0 radical (unpaired) electrons. The molecule has 0 saturated carbocycles. The maximum atomic E-state index is 13.6. The van der Waals surface area contributed by atoms with E-state index in [2.05, 4.69) is 20.6 Å². The summed E-state index contributed by atoms with van der Waals surface area (Å²) in [6, 6.07) is 6.15. The van der Waals surface area contributed by atoms with Crippen LogP contribution in [0.3, 0.4) is 0 Å². The van der Waals surface area contributed by atoms with Crippen LogP contribution in [0.1, 0.15) is 30.1 Å². The van der Waals surface area contributed by atoms with Crippen molar-refractivity contribution in [3.05, 3.63) is 48.0 Å². The number of aromatic nitrogens is 2. The number of halogens is 1. The first-order valence-corrected chi connectivity index (χ1v) is 9.13. The number of amides is 2. The van der Waals surface area contributed by atoms with Crippen LogP contribution in [0.2, 0.25) is 0 Å². The second-order valence-electron chi connectivity index (χ2n) is 6.33. The van der Waals surface area contributed by atoms with Crippen molar-refractivity contribution in [2.45, 2.75) is 25.8 Å². The number of rotatable bonds is 5. The summed E-state index contributed by atoms with van der Waals surface area (Å²) in [4.78, 5) is 33.8. The molecule has 1 saturated heterocycles. The molecule has 2 aromatic rings. The summed E-state index contributed by atoms with van der Waals surface area (Å²) >= 11 is 0. The van der Waals surface area contributed by atoms with E-state index in [-0.39, 0.29) is 29.7 Å². The molecule has 0 unspecified atom stereocenters. The van der Waals surface area contributed by atoms with E-state index in [1.807, 2.05) is 0 Å². The van der Waals surface area contributed by atoms with Gasteiger partial charge in [-0.05, 0) is 31.9 Å². The molecule has 148 valence electrons. The average Bonchev–Trinajstić information content (AvgIpc) is 2.71. The topological polar surface area (TPSA) is 96.5 Å². The Hall–Kier alpha value is -3.23. The lowest BCUT2D eigenvalue weighted by Crippen LogP contribution is -2.46. The molecule has 2 heterocycles. The molecule has 1 aliphatic heterocycles. The van der Waals surface area contributed by atoms with E-state index in [1.54, 1.807) is 30.0 Å². The minimum Gasteiger partial charge on any atom is -0.450 e. The quantitative estimate of drug-likeness (QED) is 0.819. The van der Waals surface area contributed by atoms with E-state index in [4.69, 9.17) is 4.74 Å². The summed E-state index contributed by atoms with van der Waals surface area (Å²) in [5, 5.41) is 5.69. The number of carbonyl (C=O) groups is 2. The van der Waals surface area contributed by atoms with Gasteiger partial charge < -0.3 is 20.3 Å². The van der Waals surface area contributed by atoms with Crippen LogP contribution >= 0.6 is 0 Å². The molecule has 1 aliphatic rings. The van der Waals surface area contributed by atoms with E-state index in [1.165, 1.54) is 18.5 Å². The molecule has 3 rings (SSSR count). The highest BCUT2D eigenvalue weighted by molar-refractivity contribution is 5.93. The average molecular weight is 387 g/mol. The highest BCUT2D eigenvalue weighted by Crippen LogP contribution is 2.17. The number of hydrogen-bond donors (Lipinski definition) is 2. The minimum atomic E-state index is -0.415. The lowest BCUT2D eigenvalue weighted by molar-refractivity contribution is 0.0859. The van der Waals surface area contributed by atoms with Gasteiger partial charge in [-0.1, -0.05) is 12.1 Å². The maximum Gasteiger partial charge on any atom is 0.409 e. The van der Waals surface area contributed by atoms with Crippen molar-refractivity contribution < 1.29 is 18.7 Å². The number of para-hydroxylation sites is 1. The Labute approximate surface area is 162 Å². The molecule has 28 heavy (non-hydrogen) atoms. The summed E-state index contributed by atoms with van der Waals surface area (Å²) in [5.41, 5.74) is 0.569. The summed E-state index contributed by atoms with van der Waals surface area (Å²) in [6.45, 7) is 3.18. The van der Waals surface area contributed by atoms with Gasteiger partial charge in [-0.3, -0.25) is 4.79 Å². The molecule has 0 spiro atoms. The van der Waals surface area contributed by atoms with Gasteiger partial charge in [-0.25, -0.2) is 19.2 Å². The number of anilines is 2. The number of ether oxygens (including phenoxy) is 1. The number of hydrogen-bond acceptors (Lipinski definition) is 6. The fourth-order valence-corrected chi connectivity index (χ4v) is 2.88. The summed E-state index contributed by atoms with van der Waals surface area (Å²) in [6.07, 6.45) is 3.76. The number of carbonyl (C=O) groups excluding carboxylic acids is 2. The van der Waals surface area contributed by atoms with Crippen LogP contribution in [0.25, 0.3) is 0 Å². The first kappa shape index (κ1) is 19.5. The van der Waals surface area contributed by atoms with E-state index in [0.717, 1.165) is 0 Å². The smallest absolute Gasteiger partial charge is 0.409 e. The van der Waals surface area contributed by atoms with Crippen molar-refractivity contribution in [3.63, 3.8) is 0 Å². The highest BCUT2D eigenvalue weighted by Gasteiger charge is 2.25. The van der Waals surface area contributed by atoms with Gasteiger partial charge >= 0.3 is 6.09 Å². The third-order valence-electron chi connectivity index (χ3n) is 4.39. The fourth-order valence-electron chi connectivity index (χ4n) is 2.88. The van der Waals surface area contributed by atoms with Crippen molar-refractivity contribution in [3.8, 4) is 0 Å². The second-order valence-corrected chi connectivity index (χ2v) is 6.33. The third-order valence-corrected chi connectivity index (χ3v) is 4.39. The van der Waals surface area contributed by atoms with Crippen LogP contribution in [-0.4, -0.2) is 52.6 Å². The predicted molar refractivity (Wildman–Crippen MR) is 101 cm³/mol. The van der Waals surface area contributed by atoms with Gasteiger partial charge in [0.15, 0.2) is 0 Å². The van der Waals surface area contributed by atoms with Gasteiger partial charge in [0.1, 0.15) is 5.82 Å². The zero-order valence-electron chi connectivity index (χ0n) is 15.5. The largest absolute Gasteiger partial charge is 0.450 e. The Kier molecular flexibility index (Phi) is 6.36. The molecule has 2 N–H and O–H groups in total. The summed E-state index contributed by atoms with van der Waals surface area (Å²) in [5.74, 6) is -0.501. The van der Waals surface area contributed by atoms with Crippen molar-refractivity contribution in [1.29, 1.82) is 0 Å². The number of piperidine rings is 1. The Balaban J connectivity index is 1.51. The molecular weight excluding hydrogens is 365 g/mol. The monoisotopic (exact) mass is 387 g/mol. The molecule has 0 bridgehead atoms. The second kappa shape index (κ2) is 9.12. The summed E-state index contributed by atoms with van der Waals surface area (Å²) < 4.78 is 18.6. The number of nitrogens with one attached hydrogen (secondary N) is 2. The predicted octanol–water partition coefficient (Wildman–Crippen LogP) is 2.71. The summed E-state index contributed by atoms with van der Waals surface area (Å²) in [7, 11) is 0. The van der Waals surface area contributed by atoms with E-state index < -0.39 is 5.82 Å². The van der Waals surface area contributed by atoms with E-state index >= 15 is 0 Å². The van der Waals surface area contributed by atoms with Crippen LogP contribution < -0.4 is 10.6 Å². The number of nitrogens with zero attached hydrogens (tertiary/aromatic N) is 3. The third kappa shape index (κ3) is 4.93. The maximum absolute atomic E-state index is 13.6. The van der Waals surface area contributed by atoms with Crippen LogP contribution in [-0.2, 0) is 4.74 Å². The molecule has 1 aromatic heterocycles. The molecule has 2 amide bonds. The Bertz CT molecular complexity index is 823. The Morgan fingerprint density at radius 1 is 1.21 bits per heavy atom. The van der Waals surface area contributed by atoms with Gasteiger partial charge in [0.05, 0.1) is 17.9 Å². The van der Waals surface area contributed by atoms with Crippen molar-refractivity contribution in [1.82, 2.24) is 20.2 Å². The molecule has 1 fully saturated rings. The lowest BCUT2D eigenvalue weighted by Gasteiger charge is -2.31. The van der Waals surface area contributed by atoms with Crippen LogP contribution in [0.15, 0.2) is 36.7 Å². The van der Waals surface area contributed by atoms with E-state index in [9.17, 15) is 14.0 Å². The molecule has 8 nitrogen and oxygen atoms in total. The van der Waals surface area contributed by atoms with Crippen molar-refractivity contribution in [2.24, 2.45) is 0 Å². The fraction of sp³-hybridized carbons (Fsp3) is 0.368. The first-order valence-electron chi connectivity index (χ1n) is 9.13. The Morgan fingerprint density at radius 2 is 1.89 bits per heavy atom. The zero-order chi connectivity index (χ0) is 19.9. The Morgan fingerprint density at radius 3 is 2.54 bits per heavy atom. The lowest BCUT2D eigenvalue weighted by atomic mass is 10.1. The van der Waals surface area contributed by atoms with E-state index in [0.29, 0.717) is 38.1 Å². The highest BCUT2D eigenvalue weighted by atomic mass is 19.1. The minimum absolute atomic E-state index is 0.0330. The number of likely N-dealkylation sites (tertiary alicyclic amines) is 1. The first-order chi connectivity index (χ1) is 13.6. The normalized spacial score (nSPS) is 14.4. The van der Waals surface area contributed by atoms with Crippen LogP contribution in [0.5, 0.6) is 0 Å². The molecular formula is C19H22FN5O3. The molecule has 0 atom stereocenters. The van der Waals surface area contributed by atoms with Gasteiger partial charge in [-0.15, -0.1) is 0 Å². The van der Waals surface area contributed by atoms with Crippen LogP contribution in [0, 0.1) is 5.82 Å². The van der Waals surface area contributed by atoms with Gasteiger partial charge in [0.25, 0.3) is 5.91 Å². The van der Waals surface area contributed by atoms with Crippen LogP contribution in [0.4, 0.5) is 20.8 Å². The molecule has 1 aromatic carbocycles. The van der Waals surface area contributed by atoms with Gasteiger partial charge in [0, 0.05) is 31.5 Å². The molecule has 9 heteroatoms.